The summed E-state index contributed by atoms with van der Waals surface area (Å²) in [5.74, 6) is -1.52. The molecule has 0 aliphatic rings. The first-order chi connectivity index (χ1) is 13.3. The Morgan fingerprint density at radius 2 is 1.68 bits per heavy atom. The van der Waals surface area contributed by atoms with Crippen LogP contribution in [0.4, 0.5) is 0 Å². The molecular weight excluding hydrogens is 512 g/mol. The molecule has 0 saturated carbocycles. The Labute approximate surface area is 184 Å². The number of nitrogens with one attached hydrogen (secondary N) is 2. The second-order valence-electron chi connectivity index (χ2n) is 5.83. The Morgan fingerprint density at radius 1 is 1.00 bits per heavy atom. The Kier molecular flexibility index (Phi) is 8.53. The fourth-order valence-electron chi connectivity index (χ4n) is 2.07. The lowest BCUT2D eigenvalue weighted by molar-refractivity contribution is -0.146. The Bertz CT molecular complexity index is 888. The van der Waals surface area contributed by atoms with Crippen molar-refractivity contribution in [3.8, 4) is 0 Å². The van der Waals surface area contributed by atoms with Gasteiger partial charge in [-0.05, 0) is 61.4 Å². The first-order valence-electron chi connectivity index (χ1n) is 8.16. The second kappa shape index (κ2) is 10.6. The molecule has 0 aromatic heterocycles. The van der Waals surface area contributed by atoms with Gasteiger partial charge in [0.2, 0.25) is 0 Å². The Morgan fingerprint density at radius 3 is 2.36 bits per heavy atom. The van der Waals surface area contributed by atoms with Crippen LogP contribution in [0.3, 0.4) is 0 Å². The van der Waals surface area contributed by atoms with Gasteiger partial charge in [0.15, 0.2) is 6.61 Å². The van der Waals surface area contributed by atoms with Gasteiger partial charge in [-0.25, -0.2) is 0 Å². The predicted molar refractivity (Wildman–Crippen MR) is 115 cm³/mol. The molecule has 2 N–H and O–H groups in total. The van der Waals surface area contributed by atoms with Crippen molar-refractivity contribution < 1.29 is 19.1 Å². The van der Waals surface area contributed by atoms with Crippen LogP contribution < -0.4 is 10.9 Å². The molecule has 2 rings (SSSR count). The molecule has 0 aliphatic carbocycles. The van der Waals surface area contributed by atoms with Crippen LogP contribution in [0.5, 0.6) is 0 Å². The highest BCUT2D eigenvalue weighted by atomic mass is 79.9. The highest BCUT2D eigenvalue weighted by molar-refractivity contribution is 9.10. The lowest BCUT2D eigenvalue weighted by atomic mass is 10.2. The number of hydrogen-bond donors (Lipinski definition) is 2. The third-order valence-corrected chi connectivity index (χ3v) is 6.10. The number of hydrazine groups is 1. The molecule has 0 bridgehead atoms. The normalized spacial score (nSPS) is 10.3. The molecular formula is C19H18Br2N2O4S. The van der Waals surface area contributed by atoms with Crippen LogP contribution in [0.25, 0.3) is 0 Å². The number of amides is 2. The molecule has 28 heavy (non-hydrogen) atoms. The lowest BCUT2D eigenvalue weighted by Crippen LogP contribution is -2.43. The molecule has 0 aliphatic heterocycles. The first-order valence-corrected chi connectivity index (χ1v) is 10.7. The van der Waals surface area contributed by atoms with Crippen molar-refractivity contribution >= 4 is 61.4 Å². The molecule has 2 amide bonds. The van der Waals surface area contributed by atoms with E-state index in [-0.39, 0.29) is 5.75 Å². The summed E-state index contributed by atoms with van der Waals surface area (Å²) in [7, 11) is 0. The van der Waals surface area contributed by atoms with E-state index in [0.717, 1.165) is 25.0 Å². The van der Waals surface area contributed by atoms with E-state index in [4.69, 9.17) is 4.74 Å². The molecule has 148 valence electrons. The van der Waals surface area contributed by atoms with E-state index in [9.17, 15) is 14.4 Å². The first kappa shape index (κ1) is 22.4. The quantitative estimate of drug-likeness (QED) is 0.336. The van der Waals surface area contributed by atoms with Gasteiger partial charge < -0.3 is 4.74 Å². The van der Waals surface area contributed by atoms with Crippen molar-refractivity contribution in [2.45, 2.75) is 18.7 Å². The Hall–Kier alpha value is -1.84. The third kappa shape index (κ3) is 6.96. The fourth-order valence-corrected chi connectivity index (χ4v) is 3.70. The molecule has 0 heterocycles. The van der Waals surface area contributed by atoms with Gasteiger partial charge in [0.1, 0.15) is 0 Å². The van der Waals surface area contributed by atoms with Gasteiger partial charge in [-0.3, -0.25) is 25.2 Å². The number of ether oxygens (including phenoxy) is 1. The number of benzene rings is 2. The number of aryl methyl sites for hydroxylation is 2. The molecule has 2 aromatic rings. The van der Waals surface area contributed by atoms with Gasteiger partial charge in [-0.2, -0.15) is 0 Å². The van der Waals surface area contributed by atoms with Gasteiger partial charge in [0.05, 0.1) is 5.75 Å². The SMILES string of the molecule is Cc1cc(SCC(=O)OCC(=O)NNC(=O)c2ccc(Br)cc2)c(C)cc1Br. The summed E-state index contributed by atoms with van der Waals surface area (Å²) < 4.78 is 6.79. The van der Waals surface area contributed by atoms with Crippen LogP contribution in [0, 0.1) is 13.8 Å². The van der Waals surface area contributed by atoms with Gasteiger partial charge >= 0.3 is 5.97 Å². The van der Waals surface area contributed by atoms with Crippen LogP contribution in [-0.2, 0) is 14.3 Å². The highest BCUT2D eigenvalue weighted by Crippen LogP contribution is 2.28. The molecule has 0 radical (unpaired) electrons. The maximum Gasteiger partial charge on any atom is 0.316 e. The number of carbonyl (C=O) groups excluding carboxylic acids is 3. The van der Waals surface area contributed by atoms with Gasteiger partial charge in [-0.1, -0.05) is 31.9 Å². The summed E-state index contributed by atoms with van der Waals surface area (Å²) in [6.07, 6.45) is 0. The van der Waals surface area contributed by atoms with Crippen molar-refractivity contribution in [3.63, 3.8) is 0 Å². The molecule has 0 fully saturated rings. The Balaban J connectivity index is 1.72. The minimum absolute atomic E-state index is 0.0838. The fraction of sp³-hybridized carbons (Fsp3) is 0.211. The van der Waals surface area contributed by atoms with E-state index < -0.39 is 24.4 Å². The number of esters is 1. The number of rotatable bonds is 6. The molecule has 0 saturated heterocycles. The summed E-state index contributed by atoms with van der Waals surface area (Å²) >= 11 is 8.09. The van der Waals surface area contributed by atoms with E-state index in [1.807, 2.05) is 26.0 Å². The minimum Gasteiger partial charge on any atom is -0.455 e. The van der Waals surface area contributed by atoms with Gasteiger partial charge in [0, 0.05) is 19.4 Å². The molecule has 0 unspecified atom stereocenters. The molecule has 6 nitrogen and oxygen atoms in total. The summed E-state index contributed by atoms with van der Waals surface area (Å²) in [6.45, 7) is 3.45. The number of hydrogen-bond acceptors (Lipinski definition) is 5. The average Bonchev–Trinajstić information content (AvgIpc) is 2.66. The van der Waals surface area contributed by atoms with Crippen LogP contribution in [0.1, 0.15) is 21.5 Å². The molecule has 9 heteroatoms. The largest absolute Gasteiger partial charge is 0.455 e. The van der Waals surface area contributed by atoms with Crippen molar-refractivity contribution in [2.24, 2.45) is 0 Å². The van der Waals surface area contributed by atoms with E-state index in [1.54, 1.807) is 24.3 Å². The second-order valence-corrected chi connectivity index (χ2v) is 8.61. The smallest absolute Gasteiger partial charge is 0.316 e. The number of halogens is 2. The topological polar surface area (TPSA) is 84.5 Å². The number of thioether (sulfide) groups is 1. The van der Waals surface area contributed by atoms with E-state index in [2.05, 4.69) is 42.7 Å². The van der Waals surface area contributed by atoms with Gasteiger partial charge in [0.25, 0.3) is 11.8 Å². The van der Waals surface area contributed by atoms with E-state index >= 15 is 0 Å². The van der Waals surface area contributed by atoms with Gasteiger partial charge in [-0.15, -0.1) is 11.8 Å². The third-order valence-electron chi connectivity index (χ3n) is 3.59. The maximum absolute atomic E-state index is 11.9. The monoisotopic (exact) mass is 528 g/mol. The average molecular weight is 530 g/mol. The summed E-state index contributed by atoms with van der Waals surface area (Å²) in [6, 6.07) is 10.6. The van der Waals surface area contributed by atoms with E-state index in [1.165, 1.54) is 11.8 Å². The summed E-state index contributed by atoms with van der Waals surface area (Å²) in [5, 5.41) is 0. The van der Waals surface area contributed by atoms with Crippen LogP contribution in [0.15, 0.2) is 50.2 Å². The van der Waals surface area contributed by atoms with Crippen LogP contribution in [0.2, 0.25) is 0 Å². The van der Waals surface area contributed by atoms with Crippen LogP contribution >= 0.6 is 43.6 Å². The van der Waals surface area contributed by atoms with E-state index in [0.29, 0.717) is 5.56 Å². The van der Waals surface area contributed by atoms with Crippen molar-refractivity contribution in [2.75, 3.05) is 12.4 Å². The van der Waals surface area contributed by atoms with Crippen molar-refractivity contribution in [1.82, 2.24) is 10.9 Å². The lowest BCUT2D eigenvalue weighted by Gasteiger charge is -2.10. The van der Waals surface area contributed by atoms with Crippen molar-refractivity contribution in [1.29, 1.82) is 0 Å². The zero-order valence-corrected chi connectivity index (χ0v) is 19.2. The standard InChI is InChI=1S/C19H18Br2N2O4S/c1-11-8-16(12(2)7-15(11)21)28-10-18(25)27-9-17(24)22-23-19(26)13-3-5-14(20)6-4-13/h3-8H,9-10H2,1-2H3,(H,22,24)(H,23,26). The number of carbonyl (C=O) groups is 3. The highest BCUT2D eigenvalue weighted by Gasteiger charge is 2.11. The zero-order valence-electron chi connectivity index (χ0n) is 15.2. The maximum atomic E-state index is 11.9. The molecule has 0 spiro atoms. The van der Waals surface area contributed by atoms with Crippen LogP contribution in [-0.4, -0.2) is 30.1 Å². The van der Waals surface area contributed by atoms with Crippen molar-refractivity contribution in [3.05, 3.63) is 62.0 Å². The predicted octanol–water partition coefficient (Wildman–Crippen LogP) is 3.92. The molecule has 2 aromatic carbocycles. The zero-order chi connectivity index (χ0) is 20.7. The summed E-state index contributed by atoms with van der Waals surface area (Å²) in [5.41, 5.74) is 6.97. The summed E-state index contributed by atoms with van der Waals surface area (Å²) in [4.78, 5) is 36.4. The molecule has 0 atom stereocenters. The minimum atomic E-state index is -0.625.